The summed E-state index contributed by atoms with van der Waals surface area (Å²) in [6.07, 6.45) is 0. The van der Waals surface area contributed by atoms with Crippen LogP contribution in [0.15, 0.2) is 194 Å². The smallest absolute Gasteiger partial charge is 0.0464 e. The molecule has 3 nitrogen and oxygen atoms in total. The molecule has 0 amide bonds. The Morgan fingerprint density at radius 1 is 0.182 bits per heavy atom. The fraction of sp³-hybridized carbons (Fsp3) is 0.143. The first-order chi connectivity index (χ1) is 31.9. The second-order valence-electron chi connectivity index (χ2n) is 18.1. The molecule has 0 aliphatic carbocycles. The van der Waals surface area contributed by atoms with Crippen molar-refractivity contribution in [3.63, 3.8) is 0 Å². The molecule has 0 aliphatic heterocycles. The fourth-order valence-electron chi connectivity index (χ4n) is 8.71. The van der Waals surface area contributed by atoms with Gasteiger partial charge in [0.05, 0.1) is 0 Å². The predicted molar refractivity (Wildman–Crippen MR) is 284 cm³/mol. The second kappa shape index (κ2) is 18.5. The lowest BCUT2D eigenvalue weighted by molar-refractivity contribution is 1.23. The molecule has 0 fully saturated rings. The van der Waals surface area contributed by atoms with Gasteiger partial charge in [-0.05, 0) is 238 Å². The maximum absolute atomic E-state index is 2.36. The van der Waals surface area contributed by atoms with Crippen LogP contribution in [0.1, 0.15) is 50.1 Å². The average molecular weight is 858 g/mol. The molecule has 9 rings (SSSR count). The number of nitrogens with zero attached hydrogens (tertiary/aromatic N) is 3. The number of hydrogen-bond acceptors (Lipinski definition) is 3. The number of anilines is 9. The summed E-state index contributed by atoms with van der Waals surface area (Å²) in [7, 11) is 0. The lowest BCUT2D eigenvalue weighted by Gasteiger charge is -2.27. The average Bonchev–Trinajstić information content (AvgIpc) is 3.33. The summed E-state index contributed by atoms with van der Waals surface area (Å²) in [5.74, 6) is 0. The third-order valence-electron chi connectivity index (χ3n) is 13.5. The highest BCUT2D eigenvalue weighted by Crippen LogP contribution is 2.41. The molecule has 0 aliphatic rings. The molecule has 9 aromatic rings. The molecule has 0 heterocycles. The Kier molecular flexibility index (Phi) is 12.2. The van der Waals surface area contributed by atoms with Crippen molar-refractivity contribution in [2.45, 2.75) is 62.3 Å². The van der Waals surface area contributed by atoms with E-state index in [1.807, 2.05) is 0 Å². The summed E-state index contributed by atoms with van der Waals surface area (Å²) in [4.78, 5) is 7.07. The van der Waals surface area contributed by atoms with Gasteiger partial charge in [-0.2, -0.15) is 0 Å². The first kappa shape index (κ1) is 43.6. The highest BCUT2D eigenvalue weighted by molar-refractivity contribution is 5.83. The molecule has 326 valence electrons. The van der Waals surface area contributed by atoms with E-state index < -0.39 is 0 Å². The molecule has 3 heteroatoms. The second-order valence-corrected chi connectivity index (χ2v) is 18.1. The third-order valence-corrected chi connectivity index (χ3v) is 13.5. The summed E-state index contributed by atoms with van der Waals surface area (Å²) >= 11 is 0. The minimum absolute atomic E-state index is 1.11. The van der Waals surface area contributed by atoms with Crippen molar-refractivity contribution in [1.82, 2.24) is 0 Å². The third kappa shape index (κ3) is 9.03. The molecule has 0 atom stereocenters. The number of benzene rings is 9. The summed E-state index contributed by atoms with van der Waals surface area (Å²) in [6.45, 7) is 19.6. The van der Waals surface area contributed by atoms with E-state index in [0.29, 0.717) is 0 Å². The van der Waals surface area contributed by atoms with Crippen molar-refractivity contribution in [2.75, 3.05) is 14.7 Å². The quantitative estimate of drug-likeness (QED) is 0.128. The van der Waals surface area contributed by atoms with Gasteiger partial charge in [-0.3, -0.25) is 0 Å². The molecule has 0 aromatic heterocycles. The monoisotopic (exact) mass is 857 g/mol. The van der Waals surface area contributed by atoms with E-state index in [4.69, 9.17) is 0 Å². The van der Waals surface area contributed by atoms with Gasteiger partial charge in [0.25, 0.3) is 0 Å². The van der Waals surface area contributed by atoms with Crippen LogP contribution in [0.5, 0.6) is 0 Å². The predicted octanol–water partition coefficient (Wildman–Crippen LogP) is 18.2. The highest BCUT2D eigenvalue weighted by atomic mass is 15.2. The summed E-state index contributed by atoms with van der Waals surface area (Å²) in [5.41, 5.74) is 26.4. The van der Waals surface area contributed by atoms with E-state index >= 15 is 0 Å². The molecular weight excluding hydrogens is 799 g/mol. The van der Waals surface area contributed by atoms with Gasteiger partial charge < -0.3 is 14.7 Å². The Bertz CT molecular complexity index is 3090. The lowest BCUT2D eigenvalue weighted by Crippen LogP contribution is -2.11. The molecule has 0 bridgehead atoms. The fourth-order valence-corrected chi connectivity index (χ4v) is 8.71. The van der Waals surface area contributed by atoms with E-state index in [9.17, 15) is 0 Å². The van der Waals surface area contributed by atoms with Crippen LogP contribution in [0.2, 0.25) is 0 Å². The zero-order chi connectivity index (χ0) is 46.1. The van der Waals surface area contributed by atoms with Gasteiger partial charge in [-0.25, -0.2) is 0 Å². The van der Waals surface area contributed by atoms with Gasteiger partial charge in [0.2, 0.25) is 0 Å². The Morgan fingerprint density at radius 3 is 0.576 bits per heavy atom. The van der Waals surface area contributed by atoms with Crippen LogP contribution in [-0.2, 0) is 0 Å². The van der Waals surface area contributed by atoms with E-state index in [2.05, 4.69) is 271 Å². The first-order valence-corrected chi connectivity index (χ1v) is 23.1. The largest absolute Gasteiger partial charge is 0.310 e. The number of hydrogen-bond donors (Lipinski definition) is 0. The van der Waals surface area contributed by atoms with E-state index in [1.54, 1.807) is 0 Å². The van der Waals surface area contributed by atoms with Gasteiger partial charge in [0.15, 0.2) is 0 Å². The van der Waals surface area contributed by atoms with Crippen LogP contribution >= 0.6 is 0 Å². The molecule has 66 heavy (non-hydrogen) atoms. The van der Waals surface area contributed by atoms with Crippen LogP contribution in [-0.4, -0.2) is 0 Å². The van der Waals surface area contributed by atoms with Crippen molar-refractivity contribution in [1.29, 1.82) is 0 Å². The van der Waals surface area contributed by atoms with Crippen LogP contribution in [0, 0.1) is 62.3 Å². The number of aryl methyl sites for hydroxylation is 9. The maximum atomic E-state index is 2.36. The van der Waals surface area contributed by atoms with Crippen molar-refractivity contribution in [2.24, 2.45) is 0 Å². The molecule has 9 aromatic carbocycles. The van der Waals surface area contributed by atoms with Gasteiger partial charge in [0, 0.05) is 51.2 Å². The van der Waals surface area contributed by atoms with Gasteiger partial charge in [-0.15, -0.1) is 0 Å². The Balaban J connectivity index is 1.00. The van der Waals surface area contributed by atoms with Crippen LogP contribution < -0.4 is 14.7 Å². The van der Waals surface area contributed by atoms with Crippen molar-refractivity contribution >= 4 is 51.2 Å². The van der Waals surface area contributed by atoms with E-state index in [0.717, 1.165) is 51.2 Å². The molecule has 0 N–H and O–H groups in total. The maximum Gasteiger partial charge on any atom is 0.0464 e. The zero-order valence-corrected chi connectivity index (χ0v) is 39.8. The minimum Gasteiger partial charge on any atom is -0.310 e. The SMILES string of the molecule is Cc1ccc(N(c2ccc(-c3ccc(N(c4ccc(-c5ccc(N(c6ccc(C)c(C)c6)c6ccc(C)c(C)c6)cc5)cc4)c4ccc(C)c(C)c4)cc3)cc2)c2ccc(C)c(C)c2)cc1. The van der Waals surface area contributed by atoms with Crippen LogP contribution in [0.3, 0.4) is 0 Å². The molecular formula is C63H59N3. The van der Waals surface area contributed by atoms with Gasteiger partial charge >= 0.3 is 0 Å². The minimum atomic E-state index is 1.11. The van der Waals surface area contributed by atoms with E-state index in [-0.39, 0.29) is 0 Å². The Hall–Kier alpha value is -7.62. The van der Waals surface area contributed by atoms with Crippen molar-refractivity contribution in [3.05, 3.63) is 244 Å². The van der Waals surface area contributed by atoms with Crippen LogP contribution in [0.25, 0.3) is 22.3 Å². The van der Waals surface area contributed by atoms with Crippen molar-refractivity contribution in [3.8, 4) is 22.3 Å². The zero-order valence-electron chi connectivity index (χ0n) is 39.8. The summed E-state index contributed by atoms with van der Waals surface area (Å²) in [5, 5.41) is 0. The standard InChI is InChI=1S/C63H59N3/c1-42-10-24-55(25-11-42)64(60-26-12-43(2)47(6)38-60)56-30-16-51(17-31-56)52-18-32-57(33-19-52)65(61-27-13-44(3)48(7)39-61)58-34-20-53(21-35-58)54-22-36-59(37-23-54)66(62-28-14-45(4)49(8)40-62)63-29-15-46(5)50(9)41-63/h10-41H,1-9H3. The van der Waals surface area contributed by atoms with Crippen LogP contribution in [0.4, 0.5) is 51.2 Å². The Labute approximate surface area is 392 Å². The number of rotatable bonds is 11. The summed E-state index contributed by atoms with van der Waals surface area (Å²) in [6, 6.07) is 71.6. The first-order valence-electron chi connectivity index (χ1n) is 23.1. The van der Waals surface area contributed by atoms with Gasteiger partial charge in [0.1, 0.15) is 0 Å². The van der Waals surface area contributed by atoms with Crippen molar-refractivity contribution < 1.29 is 0 Å². The normalized spacial score (nSPS) is 11.1. The lowest BCUT2D eigenvalue weighted by atomic mass is 10.0. The highest BCUT2D eigenvalue weighted by Gasteiger charge is 2.18. The molecule has 0 saturated heterocycles. The van der Waals surface area contributed by atoms with Gasteiger partial charge in [-0.1, -0.05) is 90.5 Å². The molecule has 0 spiro atoms. The molecule has 0 saturated carbocycles. The molecule has 0 radical (unpaired) electrons. The summed E-state index contributed by atoms with van der Waals surface area (Å²) < 4.78 is 0. The Morgan fingerprint density at radius 2 is 0.364 bits per heavy atom. The van der Waals surface area contributed by atoms with E-state index in [1.165, 1.54) is 72.3 Å². The topological polar surface area (TPSA) is 9.72 Å². The molecule has 0 unspecified atom stereocenters.